The monoisotopic (exact) mass is 222 g/mol. The van der Waals surface area contributed by atoms with E-state index in [1.165, 1.54) is 0 Å². The Balaban J connectivity index is 2.77. The molecule has 3 N–H and O–H groups in total. The van der Waals surface area contributed by atoms with Crippen LogP contribution in [0.4, 0.5) is 5.69 Å². The first-order chi connectivity index (χ1) is 7.36. The molecule has 0 unspecified atom stereocenters. The molecular weight excluding hydrogens is 200 g/mol. The van der Waals surface area contributed by atoms with E-state index in [1.54, 1.807) is 6.07 Å². The lowest BCUT2D eigenvalue weighted by Gasteiger charge is -2.34. The lowest BCUT2D eigenvalue weighted by molar-refractivity contribution is 0.143. The summed E-state index contributed by atoms with van der Waals surface area (Å²) in [6.07, 6.45) is 1.09. The first-order valence-corrected chi connectivity index (χ1v) is 5.65. The second-order valence-corrected chi connectivity index (χ2v) is 4.92. The lowest BCUT2D eigenvalue weighted by Crippen LogP contribution is -2.39. The Bertz CT molecular complexity index is 361. The average molecular weight is 222 g/mol. The Labute approximate surface area is 97.9 Å². The third-order valence-corrected chi connectivity index (χ3v) is 3.41. The second-order valence-electron chi connectivity index (χ2n) is 4.92. The van der Waals surface area contributed by atoms with Crippen LogP contribution in [0.2, 0.25) is 0 Å². The van der Waals surface area contributed by atoms with Crippen LogP contribution in [0.3, 0.4) is 0 Å². The van der Waals surface area contributed by atoms with Gasteiger partial charge in [-0.25, -0.2) is 0 Å². The van der Waals surface area contributed by atoms with E-state index in [4.69, 9.17) is 5.73 Å². The number of aromatic hydroxyl groups is 1. The van der Waals surface area contributed by atoms with Crippen LogP contribution in [0.25, 0.3) is 0 Å². The SMILES string of the molecule is CCC(C)(C)N(C)Cc1ccc(O)c(N)c1. The highest BCUT2D eigenvalue weighted by Gasteiger charge is 2.20. The van der Waals surface area contributed by atoms with Crippen molar-refractivity contribution in [2.24, 2.45) is 0 Å². The number of rotatable bonds is 4. The van der Waals surface area contributed by atoms with E-state index in [1.807, 2.05) is 12.1 Å². The van der Waals surface area contributed by atoms with Crippen LogP contribution < -0.4 is 5.73 Å². The molecule has 0 fully saturated rings. The number of hydrogen-bond acceptors (Lipinski definition) is 3. The van der Waals surface area contributed by atoms with Crippen molar-refractivity contribution < 1.29 is 5.11 Å². The quantitative estimate of drug-likeness (QED) is 0.608. The first-order valence-electron chi connectivity index (χ1n) is 5.65. The number of phenolic OH excluding ortho intramolecular Hbond substituents is 1. The van der Waals surface area contributed by atoms with Gasteiger partial charge in [0.1, 0.15) is 5.75 Å². The molecule has 16 heavy (non-hydrogen) atoms. The number of phenols is 1. The van der Waals surface area contributed by atoms with Gasteiger partial charge in [0.15, 0.2) is 0 Å². The summed E-state index contributed by atoms with van der Waals surface area (Å²) in [6.45, 7) is 7.46. The molecule has 0 spiro atoms. The van der Waals surface area contributed by atoms with E-state index in [2.05, 4.69) is 32.7 Å². The van der Waals surface area contributed by atoms with Crippen molar-refractivity contribution in [1.82, 2.24) is 4.90 Å². The zero-order valence-corrected chi connectivity index (χ0v) is 10.6. The fourth-order valence-corrected chi connectivity index (χ4v) is 1.46. The van der Waals surface area contributed by atoms with E-state index >= 15 is 0 Å². The van der Waals surface area contributed by atoms with Gasteiger partial charge in [-0.2, -0.15) is 0 Å². The average Bonchev–Trinajstić information content (AvgIpc) is 2.23. The molecule has 1 aromatic rings. The molecule has 0 heterocycles. The Hall–Kier alpha value is -1.22. The van der Waals surface area contributed by atoms with Crippen molar-refractivity contribution in [3.8, 4) is 5.75 Å². The molecule has 3 nitrogen and oxygen atoms in total. The smallest absolute Gasteiger partial charge is 0.138 e. The van der Waals surface area contributed by atoms with E-state index in [9.17, 15) is 5.11 Å². The molecule has 3 heteroatoms. The number of nitrogens with two attached hydrogens (primary N) is 1. The molecule has 0 radical (unpaired) electrons. The van der Waals surface area contributed by atoms with Crippen LogP contribution >= 0.6 is 0 Å². The molecule has 0 aliphatic carbocycles. The summed E-state index contributed by atoms with van der Waals surface area (Å²) in [5, 5.41) is 9.35. The summed E-state index contributed by atoms with van der Waals surface area (Å²) in [5.41, 5.74) is 7.41. The van der Waals surface area contributed by atoms with E-state index in [0.29, 0.717) is 5.69 Å². The first kappa shape index (κ1) is 12.8. The summed E-state index contributed by atoms with van der Waals surface area (Å²) >= 11 is 0. The fourth-order valence-electron chi connectivity index (χ4n) is 1.46. The van der Waals surface area contributed by atoms with Crippen molar-refractivity contribution in [2.45, 2.75) is 39.3 Å². The molecule has 0 aliphatic heterocycles. The summed E-state index contributed by atoms with van der Waals surface area (Å²) < 4.78 is 0. The van der Waals surface area contributed by atoms with Gasteiger partial charge in [0.2, 0.25) is 0 Å². The van der Waals surface area contributed by atoms with Gasteiger partial charge in [-0.15, -0.1) is 0 Å². The predicted octanol–water partition coefficient (Wildman–Crippen LogP) is 2.59. The van der Waals surface area contributed by atoms with Crippen LogP contribution in [-0.2, 0) is 6.54 Å². The Morgan fingerprint density at radius 2 is 2.00 bits per heavy atom. The molecule has 0 aliphatic rings. The highest BCUT2D eigenvalue weighted by Crippen LogP contribution is 2.24. The summed E-state index contributed by atoms with van der Waals surface area (Å²) in [7, 11) is 2.10. The van der Waals surface area contributed by atoms with Crippen LogP contribution in [-0.4, -0.2) is 22.6 Å². The molecule has 0 saturated carbocycles. The van der Waals surface area contributed by atoms with Gasteiger partial charge in [0.25, 0.3) is 0 Å². The van der Waals surface area contributed by atoms with Gasteiger partial charge in [0, 0.05) is 12.1 Å². The third-order valence-electron chi connectivity index (χ3n) is 3.41. The van der Waals surface area contributed by atoms with Crippen LogP contribution in [0, 0.1) is 0 Å². The normalized spacial score (nSPS) is 12.1. The molecule has 0 atom stereocenters. The zero-order valence-electron chi connectivity index (χ0n) is 10.6. The van der Waals surface area contributed by atoms with Crippen molar-refractivity contribution >= 4 is 5.69 Å². The highest BCUT2D eigenvalue weighted by atomic mass is 16.3. The maximum Gasteiger partial charge on any atom is 0.138 e. The predicted molar refractivity (Wildman–Crippen MR) is 68.4 cm³/mol. The van der Waals surface area contributed by atoms with Gasteiger partial charge < -0.3 is 10.8 Å². The topological polar surface area (TPSA) is 49.5 Å². The number of benzene rings is 1. The van der Waals surface area contributed by atoms with Crippen LogP contribution in [0.15, 0.2) is 18.2 Å². The van der Waals surface area contributed by atoms with Crippen molar-refractivity contribution in [3.05, 3.63) is 23.8 Å². The lowest BCUT2D eigenvalue weighted by atomic mass is 9.99. The van der Waals surface area contributed by atoms with Gasteiger partial charge in [-0.1, -0.05) is 13.0 Å². The molecule has 0 saturated heterocycles. The van der Waals surface area contributed by atoms with E-state index < -0.39 is 0 Å². The number of nitrogen functional groups attached to an aromatic ring is 1. The summed E-state index contributed by atoms with van der Waals surface area (Å²) in [5.74, 6) is 0.154. The standard InChI is InChI=1S/C13H22N2O/c1-5-13(2,3)15(4)9-10-6-7-12(16)11(14)8-10/h6-8,16H,5,9,14H2,1-4H3. The minimum atomic E-state index is 0.154. The largest absolute Gasteiger partial charge is 0.506 e. The fraction of sp³-hybridized carbons (Fsp3) is 0.538. The maximum atomic E-state index is 9.35. The Morgan fingerprint density at radius 3 is 2.50 bits per heavy atom. The van der Waals surface area contributed by atoms with Gasteiger partial charge in [-0.3, -0.25) is 4.90 Å². The second kappa shape index (κ2) is 4.74. The van der Waals surface area contributed by atoms with Crippen molar-refractivity contribution in [3.63, 3.8) is 0 Å². The summed E-state index contributed by atoms with van der Waals surface area (Å²) in [4.78, 5) is 2.29. The molecular formula is C13H22N2O. The van der Waals surface area contributed by atoms with Gasteiger partial charge in [-0.05, 0) is 45.0 Å². The minimum Gasteiger partial charge on any atom is -0.506 e. The number of hydrogen-bond donors (Lipinski definition) is 2. The van der Waals surface area contributed by atoms with Gasteiger partial charge >= 0.3 is 0 Å². The van der Waals surface area contributed by atoms with Gasteiger partial charge in [0.05, 0.1) is 5.69 Å². The zero-order chi connectivity index (χ0) is 12.3. The molecule has 1 rings (SSSR count). The Kier molecular flexibility index (Phi) is 3.81. The molecule has 0 bridgehead atoms. The summed E-state index contributed by atoms with van der Waals surface area (Å²) in [6, 6.07) is 5.39. The maximum absolute atomic E-state index is 9.35. The van der Waals surface area contributed by atoms with Crippen LogP contribution in [0.1, 0.15) is 32.8 Å². The minimum absolute atomic E-state index is 0.154. The third kappa shape index (κ3) is 2.89. The Morgan fingerprint density at radius 1 is 1.38 bits per heavy atom. The number of anilines is 1. The van der Waals surface area contributed by atoms with E-state index in [-0.39, 0.29) is 11.3 Å². The molecule has 0 aromatic heterocycles. The number of nitrogens with zero attached hydrogens (tertiary/aromatic N) is 1. The van der Waals surface area contributed by atoms with Crippen molar-refractivity contribution in [2.75, 3.05) is 12.8 Å². The van der Waals surface area contributed by atoms with Crippen molar-refractivity contribution in [1.29, 1.82) is 0 Å². The molecule has 90 valence electrons. The highest BCUT2D eigenvalue weighted by molar-refractivity contribution is 5.53. The van der Waals surface area contributed by atoms with Crippen LogP contribution in [0.5, 0.6) is 5.75 Å². The molecule has 1 aromatic carbocycles. The molecule has 0 amide bonds. The van der Waals surface area contributed by atoms with E-state index in [0.717, 1.165) is 18.5 Å².